The quantitative estimate of drug-likeness (QED) is 0.616. The summed E-state index contributed by atoms with van der Waals surface area (Å²) < 4.78 is 18.8. The van der Waals surface area contributed by atoms with Crippen LogP contribution in [0.2, 0.25) is 0 Å². The molecule has 1 aromatic heterocycles. The molecule has 150 valence electrons. The second-order valence-corrected chi connectivity index (χ2v) is 7.53. The summed E-state index contributed by atoms with van der Waals surface area (Å²) in [6.45, 7) is 4.96. The predicted octanol–water partition coefficient (Wildman–Crippen LogP) is 3.09. The fourth-order valence-corrected chi connectivity index (χ4v) is 4.21. The fourth-order valence-electron chi connectivity index (χ4n) is 3.08. The van der Waals surface area contributed by atoms with Crippen LogP contribution in [-0.4, -0.2) is 36.3 Å². The lowest BCUT2D eigenvalue weighted by atomic mass is 10.2. The van der Waals surface area contributed by atoms with Gasteiger partial charge >= 0.3 is 5.97 Å². The zero-order chi connectivity index (χ0) is 20.4. The standard InChI is InChI=1S/C21H20N2O5S/c1-3-26-19(24)12-23-15-6-4-13(2)10-18(15)29-21(23)22-20(25)14-5-7-16-17(11-14)28-9-8-27-16/h4-7,10-11H,3,8-9,12H2,1-2H3. The first kappa shape index (κ1) is 19.2. The lowest BCUT2D eigenvalue weighted by molar-refractivity contribution is -0.143. The van der Waals surface area contributed by atoms with Crippen LogP contribution in [0.4, 0.5) is 0 Å². The van der Waals surface area contributed by atoms with Crippen molar-refractivity contribution in [1.29, 1.82) is 0 Å². The van der Waals surface area contributed by atoms with Crippen molar-refractivity contribution >= 4 is 33.4 Å². The first-order valence-corrected chi connectivity index (χ1v) is 10.1. The van der Waals surface area contributed by atoms with Crippen LogP contribution in [0.3, 0.4) is 0 Å². The minimum atomic E-state index is -0.414. The molecule has 0 unspecified atom stereocenters. The normalized spacial score (nSPS) is 13.5. The second-order valence-electron chi connectivity index (χ2n) is 6.52. The lowest BCUT2D eigenvalue weighted by Gasteiger charge is -2.18. The number of carbonyl (C=O) groups is 2. The molecule has 3 aromatic rings. The zero-order valence-corrected chi connectivity index (χ0v) is 17.0. The van der Waals surface area contributed by atoms with Crippen LogP contribution in [0.1, 0.15) is 22.8 Å². The molecule has 0 N–H and O–H groups in total. The van der Waals surface area contributed by atoms with Crippen LogP contribution in [0, 0.1) is 6.92 Å². The van der Waals surface area contributed by atoms with E-state index in [0.29, 0.717) is 41.7 Å². The summed E-state index contributed by atoms with van der Waals surface area (Å²) in [6, 6.07) is 10.9. The van der Waals surface area contributed by atoms with E-state index in [2.05, 4.69) is 4.99 Å². The number of esters is 1. The smallest absolute Gasteiger partial charge is 0.326 e. The van der Waals surface area contributed by atoms with Gasteiger partial charge in [0, 0.05) is 5.56 Å². The molecule has 2 heterocycles. The Bertz CT molecular complexity index is 1160. The maximum absolute atomic E-state index is 12.8. The summed E-state index contributed by atoms with van der Waals surface area (Å²) in [4.78, 5) is 29.7. The molecule has 0 aliphatic carbocycles. The van der Waals surface area contributed by atoms with E-state index in [1.54, 1.807) is 29.7 Å². The third-order valence-corrected chi connectivity index (χ3v) is 5.46. The number of aryl methyl sites for hydroxylation is 1. The number of benzene rings is 2. The highest BCUT2D eigenvalue weighted by molar-refractivity contribution is 7.16. The van der Waals surface area contributed by atoms with Gasteiger partial charge in [0.25, 0.3) is 5.91 Å². The van der Waals surface area contributed by atoms with Gasteiger partial charge in [0.1, 0.15) is 19.8 Å². The van der Waals surface area contributed by atoms with Gasteiger partial charge in [-0.25, -0.2) is 0 Å². The van der Waals surface area contributed by atoms with Gasteiger partial charge in [-0.3, -0.25) is 9.59 Å². The van der Waals surface area contributed by atoms with Crippen molar-refractivity contribution < 1.29 is 23.8 Å². The van der Waals surface area contributed by atoms with Crippen LogP contribution in [0.15, 0.2) is 41.4 Å². The number of amides is 1. The molecule has 1 aliphatic heterocycles. The van der Waals surface area contributed by atoms with E-state index in [1.807, 2.05) is 25.1 Å². The number of nitrogens with zero attached hydrogens (tertiary/aromatic N) is 2. The molecule has 1 aliphatic rings. The maximum atomic E-state index is 12.8. The van der Waals surface area contributed by atoms with Crippen molar-refractivity contribution in [3.63, 3.8) is 0 Å². The number of aromatic nitrogens is 1. The molecule has 0 spiro atoms. The SMILES string of the molecule is CCOC(=O)Cn1c(=NC(=O)c2ccc3c(c2)OCCO3)sc2cc(C)ccc21. The van der Waals surface area contributed by atoms with Crippen molar-refractivity contribution in [2.24, 2.45) is 4.99 Å². The topological polar surface area (TPSA) is 79.1 Å². The van der Waals surface area contributed by atoms with E-state index in [0.717, 1.165) is 15.8 Å². The molecule has 0 saturated carbocycles. The Morgan fingerprint density at radius 1 is 1.14 bits per heavy atom. The Balaban J connectivity index is 1.76. The summed E-state index contributed by atoms with van der Waals surface area (Å²) in [5.41, 5.74) is 2.32. The first-order valence-electron chi connectivity index (χ1n) is 9.29. The second kappa shape index (κ2) is 8.08. The molecule has 7 nitrogen and oxygen atoms in total. The minimum Gasteiger partial charge on any atom is -0.486 e. The number of rotatable bonds is 4. The third kappa shape index (κ3) is 4.02. The molecule has 0 atom stereocenters. The molecule has 8 heteroatoms. The maximum Gasteiger partial charge on any atom is 0.326 e. The molecule has 1 amide bonds. The Kier molecular flexibility index (Phi) is 5.35. The Morgan fingerprint density at radius 2 is 1.93 bits per heavy atom. The summed E-state index contributed by atoms with van der Waals surface area (Å²) in [5.74, 6) is 0.357. The molecule has 0 bridgehead atoms. The number of hydrogen-bond donors (Lipinski definition) is 0. The molecule has 2 aromatic carbocycles. The van der Waals surface area contributed by atoms with Crippen molar-refractivity contribution in [2.45, 2.75) is 20.4 Å². The van der Waals surface area contributed by atoms with Crippen molar-refractivity contribution in [3.8, 4) is 11.5 Å². The van der Waals surface area contributed by atoms with Crippen LogP contribution < -0.4 is 14.3 Å². The fraction of sp³-hybridized carbons (Fsp3) is 0.286. The molecule has 0 saturated heterocycles. The third-order valence-electron chi connectivity index (χ3n) is 4.42. The van der Waals surface area contributed by atoms with Crippen molar-refractivity contribution in [1.82, 2.24) is 4.57 Å². The molecule has 0 fully saturated rings. The van der Waals surface area contributed by atoms with Gasteiger partial charge in [0.2, 0.25) is 0 Å². The van der Waals surface area contributed by atoms with Crippen molar-refractivity contribution in [3.05, 3.63) is 52.3 Å². The lowest BCUT2D eigenvalue weighted by Crippen LogP contribution is -2.23. The minimum absolute atomic E-state index is 0.00977. The highest BCUT2D eigenvalue weighted by atomic mass is 32.1. The Labute approximate surface area is 171 Å². The zero-order valence-electron chi connectivity index (χ0n) is 16.1. The van der Waals surface area contributed by atoms with Gasteiger partial charge < -0.3 is 18.8 Å². The van der Waals surface area contributed by atoms with Crippen LogP contribution in [0.25, 0.3) is 10.2 Å². The largest absolute Gasteiger partial charge is 0.486 e. The number of hydrogen-bond acceptors (Lipinski definition) is 6. The van der Waals surface area contributed by atoms with E-state index in [1.165, 1.54) is 11.3 Å². The molecular weight excluding hydrogens is 392 g/mol. The summed E-state index contributed by atoms with van der Waals surface area (Å²) in [7, 11) is 0. The Hall–Kier alpha value is -3.13. The van der Waals surface area contributed by atoms with Crippen LogP contribution >= 0.6 is 11.3 Å². The number of ether oxygens (including phenoxy) is 3. The van der Waals surface area contributed by atoms with E-state index < -0.39 is 5.91 Å². The van der Waals surface area contributed by atoms with Crippen LogP contribution in [-0.2, 0) is 16.1 Å². The van der Waals surface area contributed by atoms with E-state index >= 15 is 0 Å². The van der Waals surface area contributed by atoms with Gasteiger partial charge in [-0.15, -0.1) is 0 Å². The Morgan fingerprint density at radius 3 is 2.72 bits per heavy atom. The molecular formula is C21H20N2O5S. The summed E-state index contributed by atoms with van der Waals surface area (Å²) in [6.07, 6.45) is 0. The first-order chi connectivity index (χ1) is 14.0. The van der Waals surface area contributed by atoms with Gasteiger partial charge in [-0.1, -0.05) is 17.4 Å². The number of thiazole rings is 1. The van der Waals surface area contributed by atoms with Gasteiger partial charge in [-0.2, -0.15) is 4.99 Å². The van der Waals surface area contributed by atoms with E-state index in [4.69, 9.17) is 14.2 Å². The number of fused-ring (bicyclic) bond motifs is 2. The monoisotopic (exact) mass is 412 g/mol. The van der Waals surface area contributed by atoms with Gasteiger partial charge in [0.15, 0.2) is 16.3 Å². The molecule has 29 heavy (non-hydrogen) atoms. The van der Waals surface area contributed by atoms with Gasteiger partial charge in [0.05, 0.1) is 16.8 Å². The van der Waals surface area contributed by atoms with E-state index in [9.17, 15) is 9.59 Å². The van der Waals surface area contributed by atoms with Gasteiger partial charge in [-0.05, 0) is 49.7 Å². The summed E-state index contributed by atoms with van der Waals surface area (Å²) >= 11 is 1.36. The number of carbonyl (C=O) groups excluding carboxylic acids is 2. The molecule has 0 radical (unpaired) electrons. The predicted molar refractivity (Wildman–Crippen MR) is 109 cm³/mol. The van der Waals surface area contributed by atoms with E-state index in [-0.39, 0.29) is 12.5 Å². The average Bonchev–Trinajstić information content (AvgIpc) is 3.03. The van der Waals surface area contributed by atoms with Crippen molar-refractivity contribution in [2.75, 3.05) is 19.8 Å². The summed E-state index contributed by atoms with van der Waals surface area (Å²) in [5, 5.41) is 0. The molecule has 4 rings (SSSR count). The van der Waals surface area contributed by atoms with Crippen LogP contribution in [0.5, 0.6) is 11.5 Å². The average molecular weight is 412 g/mol. The highest BCUT2D eigenvalue weighted by Crippen LogP contribution is 2.31. The highest BCUT2D eigenvalue weighted by Gasteiger charge is 2.16.